The van der Waals surface area contributed by atoms with Crippen LogP contribution in [0.1, 0.15) is 13.8 Å². The maximum absolute atomic E-state index is 8.55. The van der Waals surface area contributed by atoms with E-state index in [-0.39, 0.29) is 19.3 Å². The Labute approximate surface area is 55.7 Å². The third kappa shape index (κ3) is 4.39. The summed E-state index contributed by atoms with van der Waals surface area (Å²) in [5.41, 5.74) is 0. The van der Waals surface area contributed by atoms with Crippen molar-refractivity contribution >= 4 is 0 Å². The van der Waals surface area contributed by atoms with Crippen molar-refractivity contribution in [3.05, 3.63) is 0 Å². The van der Waals surface area contributed by atoms with E-state index in [9.17, 15) is 0 Å². The van der Waals surface area contributed by atoms with E-state index in [0.29, 0.717) is 6.04 Å². The normalized spacial score (nSPS) is 11.3. The van der Waals surface area contributed by atoms with Crippen LogP contribution in [0.25, 0.3) is 0 Å². The van der Waals surface area contributed by atoms with Crippen LogP contribution in [-0.2, 0) is 0 Å². The fourth-order valence-electron chi connectivity index (χ4n) is 0.635. The lowest BCUT2D eigenvalue weighted by atomic mass is 10.3. The molecule has 0 aromatic rings. The molecule has 0 unspecified atom stereocenters. The van der Waals surface area contributed by atoms with Gasteiger partial charge in [0, 0.05) is 6.04 Å². The molecule has 0 saturated carbocycles. The predicted molar refractivity (Wildman–Crippen MR) is 36.2 cm³/mol. The van der Waals surface area contributed by atoms with Crippen LogP contribution in [-0.4, -0.2) is 35.5 Å². The van der Waals surface area contributed by atoms with E-state index in [1.165, 1.54) is 0 Å². The lowest BCUT2D eigenvalue weighted by molar-refractivity contribution is 0.165. The highest BCUT2D eigenvalue weighted by atomic mass is 16.3. The summed E-state index contributed by atoms with van der Waals surface area (Å²) >= 11 is 0. The van der Waals surface area contributed by atoms with Gasteiger partial charge < -0.3 is 15.5 Å². The first-order chi connectivity index (χ1) is 4.20. The molecular formula is C6H15NO2. The Morgan fingerprint density at radius 3 is 1.78 bits per heavy atom. The topological polar surface area (TPSA) is 52.5 Å². The second kappa shape index (κ2) is 4.73. The molecule has 0 aromatic carbocycles. The van der Waals surface area contributed by atoms with Gasteiger partial charge >= 0.3 is 0 Å². The van der Waals surface area contributed by atoms with Gasteiger partial charge in [0.2, 0.25) is 0 Å². The molecule has 0 heterocycles. The van der Waals surface area contributed by atoms with Gasteiger partial charge in [-0.2, -0.15) is 0 Å². The van der Waals surface area contributed by atoms with E-state index < -0.39 is 0 Å². The van der Waals surface area contributed by atoms with Crippen molar-refractivity contribution in [2.24, 2.45) is 0 Å². The first kappa shape index (κ1) is 8.88. The van der Waals surface area contributed by atoms with Crippen molar-refractivity contribution in [2.45, 2.75) is 25.9 Å². The van der Waals surface area contributed by atoms with Crippen LogP contribution >= 0.6 is 0 Å². The molecule has 9 heavy (non-hydrogen) atoms. The molecule has 0 radical (unpaired) electrons. The largest absolute Gasteiger partial charge is 0.395 e. The maximum Gasteiger partial charge on any atom is 0.0607 e. The summed E-state index contributed by atoms with van der Waals surface area (Å²) in [5.74, 6) is 0. The molecule has 0 atom stereocenters. The molecule has 0 fully saturated rings. The Hall–Kier alpha value is -0.120. The van der Waals surface area contributed by atoms with E-state index in [1.807, 2.05) is 13.8 Å². The third-order valence-electron chi connectivity index (χ3n) is 1.01. The van der Waals surface area contributed by atoms with Crippen LogP contribution in [0, 0.1) is 0 Å². The first-order valence-electron chi connectivity index (χ1n) is 3.18. The molecule has 56 valence electrons. The Morgan fingerprint density at radius 2 is 1.67 bits per heavy atom. The summed E-state index contributed by atoms with van der Waals surface area (Å²) in [6.45, 7) is 3.93. The van der Waals surface area contributed by atoms with E-state index >= 15 is 0 Å². The monoisotopic (exact) mass is 133 g/mol. The number of rotatable bonds is 4. The molecule has 0 spiro atoms. The fourth-order valence-corrected chi connectivity index (χ4v) is 0.635. The van der Waals surface area contributed by atoms with Gasteiger partial charge in [-0.3, -0.25) is 0 Å². The lowest BCUT2D eigenvalue weighted by Crippen LogP contribution is -2.39. The van der Waals surface area contributed by atoms with Crippen molar-refractivity contribution in [1.29, 1.82) is 0 Å². The Kier molecular flexibility index (Phi) is 4.67. The number of nitrogens with one attached hydrogen (secondary N) is 1. The van der Waals surface area contributed by atoms with Crippen LogP contribution in [0.2, 0.25) is 0 Å². The molecule has 0 aromatic heterocycles. The molecule has 3 heteroatoms. The van der Waals surface area contributed by atoms with Gasteiger partial charge in [-0.1, -0.05) is 13.8 Å². The summed E-state index contributed by atoms with van der Waals surface area (Å²) in [6, 6.07) is 0.152. The minimum Gasteiger partial charge on any atom is -0.395 e. The molecule has 0 amide bonds. The number of aliphatic hydroxyl groups is 2. The Morgan fingerprint density at radius 1 is 1.22 bits per heavy atom. The highest BCUT2D eigenvalue weighted by Gasteiger charge is 2.04. The fraction of sp³-hybridized carbons (Fsp3) is 1.00. The highest BCUT2D eigenvalue weighted by molar-refractivity contribution is 4.65. The van der Waals surface area contributed by atoms with Crippen LogP contribution in [0.3, 0.4) is 0 Å². The zero-order chi connectivity index (χ0) is 7.28. The van der Waals surface area contributed by atoms with Crippen LogP contribution in [0.15, 0.2) is 0 Å². The quantitative estimate of drug-likeness (QED) is 0.477. The minimum absolute atomic E-state index is 0.00528. The smallest absolute Gasteiger partial charge is 0.0607 e. The molecule has 3 nitrogen and oxygen atoms in total. The molecule has 0 aliphatic rings. The molecule has 0 rings (SSSR count). The maximum atomic E-state index is 8.55. The molecule has 0 aliphatic heterocycles. The number of aliphatic hydroxyl groups excluding tert-OH is 2. The molecule has 0 aliphatic carbocycles. The zero-order valence-electron chi connectivity index (χ0n) is 5.96. The standard InChI is InChI=1S/C6H15NO2/c1-5(2)7-6(3-8)4-9/h5-9H,3-4H2,1-2H3. The summed E-state index contributed by atoms with van der Waals surface area (Å²) in [5, 5.41) is 20.1. The van der Waals surface area contributed by atoms with E-state index in [0.717, 1.165) is 0 Å². The summed E-state index contributed by atoms with van der Waals surface area (Å²) in [4.78, 5) is 0. The molecule has 0 bridgehead atoms. The van der Waals surface area contributed by atoms with Crippen LogP contribution in [0.5, 0.6) is 0 Å². The lowest BCUT2D eigenvalue weighted by Gasteiger charge is -2.15. The first-order valence-corrected chi connectivity index (χ1v) is 3.18. The molecular weight excluding hydrogens is 118 g/mol. The number of hydrogen-bond acceptors (Lipinski definition) is 3. The van der Waals surface area contributed by atoms with Gasteiger partial charge in [0.25, 0.3) is 0 Å². The van der Waals surface area contributed by atoms with Crippen LogP contribution in [0.4, 0.5) is 0 Å². The van der Waals surface area contributed by atoms with Crippen molar-refractivity contribution in [2.75, 3.05) is 13.2 Å². The highest BCUT2D eigenvalue weighted by Crippen LogP contribution is 1.83. The van der Waals surface area contributed by atoms with E-state index in [2.05, 4.69) is 5.32 Å². The van der Waals surface area contributed by atoms with E-state index in [1.54, 1.807) is 0 Å². The molecule has 3 N–H and O–H groups in total. The Bertz CT molecular complexity index is 62.1. The van der Waals surface area contributed by atoms with Crippen molar-refractivity contribution in [3.63, 3.8) is 0 Å². The predicted octanol–water partition coefficient (Wildman–Crippen LogP) is -0.662. The molecule has 0 saturated heterocycles. The van der Waals surface area contributed by atoms with Gasteiger partial charge in [-0.25, -0.2) is 0 Å². The SMILES string of the molecule is CC(C)NC(CO)CO. The number of hydrogen-bond donors (Lipinski definition) is 3. The van der Waals surface area contributed by atoms with Gasteiger partial charge in [0.05, 0.1) is 19.3 Å². The minimum atomic E-state index is -0.162. The second-order valence-electron chi connectivity index (χ2n) is 2.38. The van der Waals surface area contributed by atoms with Crippen molar-refractivity contribution in [1.82, 2.24) is 5.32 Å². The van der Waals surface area contributed by atoms with Gasteiger partial charge in [0.15, 0.2) is 0 Å². The third-order valence-corrected chi connectivity index (χ3v) is 1.01. The average Bonchev–Trinajstić information content (AvgIpc) is 1.82. The van der Waals surface area contributed by atoms with Crippen molar-refractivity contribution in [3.8, 4) is 0 Å². The summed E-state index contributed by atoms with van der Waals surface area (Å²) in [6.07, 6.45) is 0. The van der Waals surface area contributed by atoms with Crippen LogP contribution < -0.4 is 5.32 Å². The van der Waals surface area contributed by atoms with Gasteiger partial charge in [0.1, 0.15) is 0 Å². The van der Waals surface area contributed by atoms with Gasteiger partial charge in [-0.15, -0.1) is 0 Å². The average molecular weight is 133 g/mol. The zero-order valence-corrected chi connectivity index (χ0v) is 5.96. The second-order valence-corrected chi connectivity index (χ2v) is 2.38. The van der Waals surface area contributed by atoms with Gasteiger partial charge in [-0.05, 0) is 0 Å². The Balaban J connectivity index is 3.31. The van der Waals surface area contributed by atoms with Crippen molar-refractivity contribution < 1.29 is 10.2 Å². The summed E-state index contributed by atoms with van der Waals surface area (Å²) < 4.78 is 0. The summed E-state index contributed by atoms with van der Waals surface area (Å²) in [7, 11) is 0. The van der Waals surface area contributed by atoms with E-state index in [4.69, 9.17) is 10.2 Å².